The molecule has 0 fully saturated rings. The van der Waals surface area contributed by atoms with Gasteiger partial charge in [0.1, 0.15) is 0 Å². The molecule has 0 saturated carbocycles. The maximum Gasteiger partial charge on any atom is 0.319 e. The molecule has 1 aromatic carbocycles. The molecule has 0 aliphatic rings. The summed E-state index contributed by atoms with van der Waals surface area (Å²) in [6.07, 6.45) is -0.688. The van der Waals surface area contributed by atoms with Crippen LogP contribution >= 0.6 is 0 Å². The Morgan fingerprint density at radius 2 is 2.12 bits per heavy atom. The second-order valence-corrected chi connectivity index (χ2v) is 3.31. The predicted octanol–water partition coefficient (Wildman–Crippen LogP) is 0.815. The minimum Gasteiger partial charge on any atom is -0.389 e. The van der Waals surface area contributed by atoms with Crippen molar-refractivity contribution in [2.45, 2.75) is 6.10 Å². The lowest BCUT2D eigenvalue weighted by atomic mass is 10.3. The van der Waals surface area contributed by atoms with Crippen molar-refractivity contribution >= 4 is 11.7 Å². The summed E-state index contributed by atoms with van der Waals surface area (Å²) >= 11 is 0. The van der Waals surface area contributed by atoms with Crippen LogP contribution in [0.3, 0.4) is 0 Å². The zero-order valence-electron chi connectivity index (χ0n) is 9.14. The smallest absolute Gasteiger partial charge is 0.319 e. The van der Waals surface area contributed by atoms with Gasteiger partial charge >= 0.3 is 6.03 Å². The second-order valence-electron chi connectivity index (χ2n) is 3.31. The first kappa shape index (κ1) is 12.5. The van der Waals surface area contributed by atoms with Crippen LogP contribution in [0, 0.1) is 0 Å². The molecule has 1 rings (SSSR count). The lowest BCUT2D eigenvalue weighted by molar-refractivity contribution is 0.0663. The van der Waals surface area contributed by atoms with Crippen LogP contribution in [0.2, 0.25) is 0 Å². The van der Waals surface area contributed by atoms with Crippen molar-refractivity contribution in [2.24, 2.45) is 0 Å². The minimum absolute atomic E-state index is 0.159. The molecule has 0 saturated heterocycles. The van der Waals surface area contributed by atoms with Crippen LogP contribution in [0.1, 0.15) is 0 Å². The molecule has 1 unspecified atom stereocenters. The van der Waals surface area contributed by atoms with Gasteiger partial charge in [0, 0.05) is 19.3 Å². The van der Waals surface area contributed by atoms with Crippen molar-refractivity contribution in [2.75, 3.05) is 25.6 Å². The van der Waals surface area contributed by atoms with Crippen molar-refractivity contribution in [3.05, 3.63) is 30.3 Å². The monoisotopic (exact) mass is 224 g/mol. The van der Waals surface area contributed by atoms with Gasteiger partial charge in [-0.05, 0) is 12.1 Å². The van der Waals surface area contributed by atoms with E-state index in [0.717, 1.165) is 0 Å². The van der Waals surface area contributed by atoms with Crippen LogP contribution in [0.15, 0.2) is 30.3 Å². The number of hydrogen-bond acceptors (Lipinski definition) is 3. The molecule has 5 heteroatoms. The molecule has 5 nitrogen and oxygen atoms in total. The van der Waals surface area contributed by atoms with Gasteiger partial charge in [-0.25, -0.2) is 4.79 Å². The highest BCUT2D eigenvalue weighted by molar-refractivity contribution is 5.89. The summed E-state index contributed by atoms with van der Waals surface area (Å²) in [4.78, 5) is 11.3. The number of carbonyl (C=O) groups excluding carboxylic acids is 1. The topological polar surface area (TPSA) is 70.6 Å². The third-order valence-electron chi connectivity index (χ3n) is 1.89. The molecule has 1 aromatic rings. The highest BCUT2D eigenvalue weighted by Crippen LogP contribution is 2.03. The van der Waals surface area contributed by atoms with Gasteiger partial charge in [-0.15, -0.1) is 0 Å². The predicted molar refractivity (Wildman–Crippen MR) is 61.3 cm³/mol. The average molecular weight is 224 g/mol. The van der Waals surface area contributed by atoms with Crippen LogP contribution in [0.5, 0.6) is 0 Å². The number of methoxy groups -OCH3 is 1. The zero-order chi connectivity index (χ0) is 11.8. The quantitative estimate of drug-likeness (QED) is 0.693. The van der Waals surface area contributed by atoms with E-state index in [1.165, 1.54) is 7.11 Å². The SMILES string of the molecule is COCC(O)CNC(=O)Nc1ccccc1. The van der Waals surface area contributed by atoms with Crippen LogP contribution < -0.4 is 10.6 Å². The van der Waals surface area contributed by atoms with Gasteiger partial charge in [-0.2, -0.15) is 0 Å². The number of aliphatic hydroxyl groups excluding tert-OH is 1. The fraction of sp³-hybridized carbons (Fsp3) is 0.364. The Balaban J connectivity index is 2.26. The summed E-state index contributed by atoms with van der Waals surface area (Å²) in [5, 5.41) is 14.5. The van der Waals surface area contributed by atoms with Crippen LogP contribution in [0.4, 0.5) is 10.5 Å². The maximum absolute atomic E-state index is 11.3. The summed E-state index contributed by atoms with van der Waals surface area (Å²) < 4.78 is 4.73. The van der Waals surface area contributed by atoms with E-state index < -0.39 is 6.10 Å². The fourth-order valence-electron chi connectivity index (χ4n) is 1.16. The van der Waals surface area contributed by atoms with Gasteiger partial charge in [0.2, 0.25) is 0 Å². The number of hydrogen-bond donors (Lipinski definition) is 3. The third kappa shape index (κ3) is 4.77. The number of rotatable bonds is 5. The average Bonchev–Trinajstić information content (AvgIpc) is 2.28. The van der Waals surface area contributed by atoms with Crippen molar-refractivity contribution < 1.29 is 14.6 Å². The highest BCUT2D eigenvalue weighted by Gasteiger charge is 2.06. The van der Waals surface area contributed by atoms with Crippen molar-refractivity contribution in [1.29, 1.82) is 0 Å². The Morgan fingerprint density at radius 3 is 2.75 bits per heavy atom. The van der Waals surface area contributed by atoms with E-state index >= 15 is 0 Å². The summed E-state index contributed by atoms with van der Waals surface area (Å²) in [5.74, 6) is 0. The number of aliphatic hydroxyl groups is 1. The van der Waals surface area contributed by atoms with E-state index in [4.69, 9.17) is 4.74 Å². The Hall–Kier alpha value is -1.59. The fourth-order valence-corrected chi connectivity index (χ4v) is 1.16. The molecule has 0 aliphatic heterocycles. The van der Waals surface area contributed by atoms with Crippen molar-refractivity contribution in [1.82, 2.24) is 5.32 Å². The highest BCUT2D eigenvalue weighted by atomic mass is 16.5. The first-order valence-corrected chi connectivity index (χ1v) is 4.99. The normalized spacial score (nSPS) is 11.9. The van der Waals surface area contributed by atoms with E-state index in [2.05, 4.69) is 10.6 Å². The zero-order valence-corrected chi connectivity index (χ0v) is 9.14. The number of amides is 2. The molecule has 0 radical (unpaired) electrons. The maximum atomic E-state index is 11.3. The first-order chi connectivity index (χ1) is 7.72. The Bertz CT molecular complexity index is 316. The Kier molecular flexibility index (Phi) is 5.31. The Morgan fingerprint density at radius 1 is 1.44 bits per heavy atom. The lowest BCUT2D eigenvalue weighted by Gasteiger charge is -2.11. The van der Waals surface area contributed by atoms with Crippen molar-refractivity contribution in [3.8, 4) is 0 Å². The van der Waals surface area contributed by atoms with Gasteiger partial charge < -0.3 is 20.5 Å². The molecule has 0 aliphatic carbocycles. The number of benzene rings is 1. The molecule has 0 bridgehead atoms. The summed E-state index contributed by atoms with van der Waals surface area (Å²) in [6, 6.07) is 8.74. The number of anilines is 1. The Labute approximate surface area is 94.4 Å². The minimum atomic E-state index is -0.688. The number of carbonyl (C=O) groups is 1. The number of para-hydroxylation sites is 1. The second kappa shape index (κ2) is 6.81. The molecule has 16 heavy (non-hydrogen) atoms. The molecule has 0 spiro atoms. The molecular weight excluding hydrogens is 208 g/mol. The summed E-state index contributed by atoms with van der Waals surface area (Å²) in [6.45, 7) is 0.359. The van der Waals surface area contributed by atoms with Gasteiger partial charge in [0.25, 0.3) is 0 Å². The molecule has 88 valence electrons. The molecule has 0 aromatic heterocycles. The van der Waals surface area contributed by atoms with Crippen molar-refractivity contribution in [3.63, 3.8) is 0 Å². The van der Waals surface area contributed by atoms with Crippen LogP contribution in [-0.2, 0) is 4.74 Å². The standard InChI is InChI=1S/C11H16N2O3/c1-16-8-10(14)7-12-11(15)13-9-5-3-2-4-6-9/h2-6,10,14H,7-8H2,1H3,(H2,12,13,15). The van der Waals surface area contributed by atoms with Gasteiger partial charge in [-0.3, -0.25) is 0 Å². The molecule has 0 heterocycles. The summed E-state index contributed by atoms with van der Waals surface area (Å²) in [5.41, 5.74) is 0.709. The number of ether oxygens (including phenoxy) is 1. The van der Waals surface area contributed by atoms with Gasteiger partial charge in [-0.1, -0.05) is 18.2 Å². The number of urea groups is 1. The van der Waals surface area contributed by atoms with Crippen LogP contribution in [0.25, 0.3) is 0 Å². The van der Waals surface area contributed by atoms with Gasteiger partial charge in [0.05, 0.1) is 12.7 Å². The van der Waals surface area contributed by atoms with Crippen LogP contribution in [-0.4, -0.2) is 37.5 Å². The molecule has 3 N–H and O–H groups in total. The van der Waals surface area contributed by atoms with E-state index in [9.17, 15) is 9.90 Å². The van der Waals surface area contributed by atoms with Gasteiger partial charge in [0.15, 0.2) is 0 Å². The third-order valence-corrected chi connectivity index (χ3v) is 1.89. The molecular formula is C11H16N2O3. The largest absolute Gasteiger partial charge is 0.389 e. The van der Waals surface area contributed by atoms with E-state index in [1.54, 1.807) is 12.1 Å². The first-order valence-electron chi connectivity index (χ1n) is 4.99. The lowest BCUT2D eigenvalue weighted by Crippen LogP contribution is -2.36. The molecule has 2 amide bonds. The summed E-state index contributed by atoms with van der Waals surface area (Å²) in [7, 11) is 1.49. The van der Waals surface area contributed by atoms with E-state index in [0.29, 0.717) is 5.69 Å². The van der Waals surface area contributed by atoms with E-state index in [-0.39, 0.29) is 19.2 Å². The molecule has 1 atom stereocenters. The number of nitrogens with one attached hydrogen (secondary N) is 2. The van der Waals surface area contributed by atoms with E-state index in [1.807, 2.05) is 18.2 Å².